The number of nitrogens with one attached hydrogen (secondary N) is 1. The van der Waals surface area contributed by atoms with Crippen LogP contribution in [0.5, 0.6) is 5.75 Å². The van der Waals surface area contributed by atoms with Crippen molar-refractivity contribution in [2.45, 2.75) is 68.9 Å². The molecule has 146 valence electrons. The Morgan fingerprint density at radius 1 is 1.19 bits per heavy atom. The van der Waals surface area contributed by atoms with Crippen LogP contribution in [-0.4, -0.2) is 39.1 Å². The van der Waals surface area contributed by atoms with Crippen LogP contribution >= 0.6 is 11.8 Å². The van der Waals surface area contributed by atoms with E-state index in [9.17, 15) is 4.79 Å². The lowest BCUT2D eigenvalue weighted by Crippen LogP contribution is -2.37. The van der Waals surface area contributed by atoms with Crippen LogP contribution in [0.15, 0.2) is 29.4 Å². The number of rotatable bonds is 7. The number of hydrogen-bond donors (Lipinski definition) is 1. The molecule has 1 fully saturated rings. The molecule has 1 aliphatic rings. The molecule has 1 unspecified atom stereocenters. The van der Waals surface area contributed by atoms with Crippen molar-refractivity contribution in [2.75, 3.05) is 7.11 Å². The molecular formula is C20H28N4O2S. The fraction of sp³-hybridized carbons (Fsp3) is 0.550. The molecule has 0 aliphatic heterocycles. The van der Waals surface area contributed by atoms with Crippen molar-refractivity contribution < 1.29 is 9.53 Å². The Labute approximate surface area is 165 Å². The predicted octanol–water partition coefficient (Wildman–Crippen LogP) is 4.07. The summed E-state index contributed by atoms with van der Waals surface area (Å²) >= 11 is 1.47. The Morgan fingerprint density at radius 2 is 1.85 bits per heavy atom. The minimum atomic E-state index is -0.212. The molecule has 1 saturated carbocycles. The molecule has 1 atom stereocenters. The summed E-state index contributed by atoms with van der Waals surface area (Å²) in [6.45, 7) is 6.13. The summed E-state index contributed by atoms with van der Waals surface area (Å²) in [5.41, 5.74) is 0.979. The zero-order valence-corrected chi connectivity index (χ0v) is 17.3. The fourth-order valence-corrected chi connectivity index (χ4v) is 4.35. The standard InChI is InChI=1S/C20H28N4O2S/c1-13(2)24-18(15-9-11-17(26-4)12-10-15)22-23-20(24)27-14(3)19(25)21-16-7-5-6-8-16/h9-14,16H,5-8H2,1-4H3,(H,21,25). The quantitative estimate of drug-likeness (QED) is 0.724. The molecule has 1 heterocycles. The first-order valence-corrected chi connectivity index (χ1v) is 10.4. The summed E-state index contributed by atoms with van der Waals surface area (Å²) in [4.78, 5) is 12.5. The van der Waals surface area contributed by atoms with E-state index in [4.69, 9.17) is 4.74 Å². The molecule has 1 aromatic carbocycles. The molecule has 0 radical (unpaired) electrons. The summed E-state index contributed by atoms with van der Waals surface area (Å²) in [7, 11) is 1.65. The van der Waals surface area contributed by atoms with Crippen LogP contribution in [0.1, 0.15) is 52.5 Å². The Morgan fingerprint density at radius 3 is 2.44 bits per heavy atom. The van der Waals surface area contributed by atoms with E-state index < -0.39 is 0 Å². The van der Waals surface area contributed by atoms with Gasteiger partial charge in [-0.05, 0) is 57.9 Å². The van der Waals surface area contributed by atoms with Crippen LogP contribution in [0, 0.1) is 0 Å². The van der Waals surface area contributed by atoms with Crippen molar-refractivity contribution in [3.8, 4) is 17.1 Å². The molecular weight excluding hydrogens is 360 g/mol. The third-order valence-corrected chi connectivity index (χ3v) is 5.94. The molecule has 1 aromatic heterocycles. The molecule has 27 heavy (non-hydrogen) atoms. The highest BCUT2D eigenvalue weighted by atomic mass is 32.2. The van der Waals surface area contributed by atoms with Gasteiger partial charge in [0.15, 0.2) is 11.0 Å². The number of nitrogens with zero attached hydrogens (tertiary/aromatic N) is 3. The van der Waals surface area contributed by atoms with Crippen molar-refractivity contribution >= 4 is 17.7 Å². The smallest absolute Gasteiger partial charge is 0.233 e. The van der Waals surface area contributed by atoms with Crippen molar-refractivity contribution in [3.05, 3.63) is 24.3 Å². The SMILES string of the molecule is COc1ccc(-c2nnc(SC(C)C(=O)NC3CCCC3)n2C(C)C)cc1. The fourth-order valence-electron chi connectivity index (χ4n) is 3.36. The maximum absolute atomic E-state index is 12.5. The summed E-state index contributed by atoms with van der Waals surface area (Å²) < 4.78 is 7.32. The van der Waals surface area contributed by atoms with Gasteiger partial charge >= 0.3 is 0 Å². The van der Waals surface area contributed by atoms with E-state index in [0.717, 1.165) is 35.1 Å². The van der Waals surface area contributed by atoms with E-state index in [2.05, 4.69) is 33.9 Å². The van der Waals surface area contributed by atoms with Crippen LogP contribution < -0.4 is 10.1 Å². The maximum atomic E-state index is 12.5. The minimum absolute atomic E-state index is 0.0798. The van der Waals surface area contributed by atoms with Crippen LogP contribution in [-0.2, 0) is 4.79 Å². The number of thioether (sulfide) groups is 1. The Kier molecular flexibility index (Phi) is 6.42. The lowest BCUT2D eigenvalue weighted by molar-refractivity contribution is -0.120. The van der Waals surface area contributed by atoms with E-state index in [-0.39, 0.29) is 17.2 Å². The van der Waals surface area contributed by atoms with Gasteiger partial charge in [0, 0.05) is 17.6 Å². The number of carbonyl (C=O) groups is 1. The van der Waals surface area contributed by atoms with E-state index in [1.54, 1.807) is 7.11 Å². The second-order valence-electron chi connectivity index (χ2n) is 7.25. The zero-order chi connectivity index (χ0) is 19.4. The number of aromatic nitrogens is 3. The van der Waals surface area contributed by atoms with E-state index in [1.165, 1.54) is 24.6 Å². The lowest BCUT2D eigenvalue weighted by atomic mass is 10.2. The van der Waals surface area contributed by atoms with Crippen LogP contribution in [0.4, 0.5) is 0 Å². The molecule has 0 bridgehead atoms. The van der Waals surface area contributed by atoms with Gasteiger partial charge in [-0.25, -0.2) is 0 Å². The van der Waals surface area contributed by atoms with Crippen LogP contribution in [0.2, 0.25) is 0 Å². The molecule has 1 aliphatic carbocycles. The van der Waals surface area contributed by atoms with Crippen molar-refractivity contribution in [3.63, 3.8) is 0 Å². The molecule has 1 amide bonds. The molecule has 2 aromatic rings. The van der Waals surface area contributed by atoms with E-state index in [1.807, 2.05) is 31.2 Å². The Hall–Kier alpha value is -2.02. The largest absolute Gasteiger partial charge is 0.497 e. The summed E-state index contributed by atoms with van der Waals surface area (Å²) in [6, 6.07) is 8.31. The van der Waals surface area contributed by atoms with Crippen LogP contribution in [0.25, 0.3) is 11.4 Å². The minimum Gasteiger partial charge on any atom is -0.497 e. The highest BCUT2D eigenvalue weighted by Crippen LogP contribution is 2.31. The normalized spacial score (nSPS) is 15.9. The van der Waals surface area contributed by atoms with Gasteiger partial charge < -0.3 is 10.1 Å². The van der Waals surface area contributed by atoms with E-state index in [0.29, 0.717) is 6.04 Å². The molecule has 0 spiro atoms. The van der Waals surface area contributed by atoms with E-state index >= 15 is 0 Å². The molecule has 1 N–H and O–H groups in total. The van der Waals surface area contributed by atoms with Crippen molar-refractivity contribution in [2.24, 2.45) is 0 Å². The van der Waals surface area contributed by atoms with Crippen molar-refractivity contribution in [1.29, 1.82) is 0 Å². The first kappa shape index (κ1) is 19.7. The number of ether oxygens (including phenoxy) is 1. The maximum Gasteiger partial charge on any atom is 0.233 e. The van der Waals surface area contributed by atoms with Crippen LogP contribution in [0.3, 0.4) is 0 Å². The van der Waals surface area contributed by atoms with Gasteiger partial charge in [0.05, 0.1) is 12.4 Å². The first-order valence-electron chi connectivity index (χ1n) is 9.56. The average Bonchev–Trinajstić information content (AvgIpc) is 3.31. The summed E-state index contributed by atoms with van der Waals surface area (Å²) in [6.07, 6.45) is 4.60. The average molecular weight is 389 g/mol. The van der Waals surface area contributed by atoms with Gasteiger partial charge in [0.2, 0.25) is 5.91 Å². The summed E-state index contributed by atoms with van der Waals surface area (Å²) in [5.74, 6) is 1.69. The van der Waals surface area contributed by atoms with Gasteiger partial charge in [-0.3, -0.25) is 9.36 Å². The molecule has 3 rings (SSSR count). The molecule has 0 saturated heterocycles. The second-order valence-corrected chi connectivity index (χ2v) is 8.56. The second kappa shape index (κ2) is 8.78. The Bertz CT molecular complexity index is 767. The third kappa shape index (κ3) is 4.64. The van der Waals surface area contributed by atoms with Crippen molar-refractivity contribution in [1.82, 2.24) is 20.1 Å². The Balaban J connectivity index is 1.76. The first-order chi connectivity index (χ1) is 13.0. The number of carbonyl (C=O) groups excluding carboxylic acids is 1. The number of hydrogen-bond acceptors (Lipinski definition) is 5. The lowest BCUT2D eigenvalue weighted by Gasteiger charge is -2.18. The van der Waals surface area contributed by atoms with Gasteiger partial charge in [0.1, 0.15) is 5.75 Å². The zero-order valence-electron chi connectivity index (χ0n) is 16.4. The highest BCUT2D eigenvalue weighted by Gasteiger charge is 2.24. The topological polar surface area (TPSA) is 69.0 Å². The summed E-state index contributed by atoms with van der Waals surface area (Å²) in [5, 5.41) is 12.5. The third-order valence-electron chi connectivity index (χ3n) is 4.88. The van der Waals surface area contributed by atoms with Gasteiger partial charge in [-0.1, -0.05) is 24.6 Å². The van der Waals surface area contributed by atoms with Gasteiger partial charge in [0.25, 0.3) is 0 Å². The highest BCUT2D eigenvalue weighted by molar-refractivity contribution is 8.00. The number of methoxy groups -OCH3 is 1. The predicted molar refractivity (Wildman–Crippen MR) is 108 cm³/mol. The number of benzene rings is 1. The number of amides is 1. The molecule has 7 heteroatoms. The monoisotopic (exact) mass is 388 g/mol. The van der Waals surface area contributed by atoms with Gasteiger partial charge in [-0.15, -0.1) is 10.2 Å². The van der Waals surface area contributed by atoms with Gasteiger partial charge in [-0.2, -0.15) is 0 Å². The molecule has 6 nitrogen and oxygen atoms in total.